The van der Waals surface area contributed by atoms with Crippen molar-refractivity contribution in [2.45, 2.75) is 82.6 Å². The van der Waals surface area contributed by atoms with Crippen molar-refractivity contribution in [1.82, 2.24) is 25.8 Å². The molecule has 270 valence electrons. The molecule has 6 N–H and O–H groups in total. The van der Waals surface area contributed by atoms with Crippen LogP contribution in [-0.4, -0.2) is 96.4 Å². The molecule has 0 aliphatic carbocycles. The molecule has 11 nitrogen and oxygen atoms in total. The normalized spacial score (nSPS) is 16.7. The van der Waals surface area contributed by atoms with Crippen LogP contribution in [0.1, 0.15) is 49.3 Å². The molecule has 0 aromatic heterocycles. The third-order valence-electron chi connectivity index (χ3n) is 9.21. The molecule has 3 aromatic rings. The lowest BCUT2D eigenvalue weighted by Gasteiger charge is -2.34. The van der Waals surface area contributed by atoms with Crippen molar-refractivity contribution in [3.8, 4) is 0 Å². The van der Waals surface area contributed by atoms with Crippen LogP contribution in [0.25, 0.3) is 0 Å². The summed E-state index contributed by atoms with van der Waals surface area (Å²) in [6.45, 7) is 3.75. The van der Waals surface area contributed by atoms with Crippen molar-refractivity contribution in [1.29, 1.82) is 0 Å². The van der Waals surface area contributed by atoms with Crippen LogP contribution in [0, 0.1) is 0 Å². The maximum absolute atomic E-state index is 14.2. The Morgan fingerprint density at radius 1 is 0.960 bits per heavy atom. The van der Waals surface area contributed by atoms with Gasteiger partial charge in [0.25, 0.3) is 0 Å². The second-order valence-corrected chi connectivity index (χ2v) is 13.0. The van der Waals surface area contributed by atoms with Crippen LogP contribution in [0.15, 0.2) is 91.0 Å². The summed E-state index contributed by atoms with van der Waals surface area (Å²) in [4.78, 5) is 44.6. The van der Waals surface area contributed by atoms with E-state index in [1.807, 2.05) is 101 Å². The average molecular weight is 687 g/mol. The number of benzene rings is 3. The molecule has 0 radical (unpaired) electrons. The van der Waals surface area contributed by atoms with E-state index in [0.29, 0.717) is 51.9 Å². The fourth-order valence-corrected chi connectivity index (χ4v) is 6.19. The quantitative estimate of drug-likeness (QED) is 0.0900. The van der Waals surface area contributed by atoms with Gasteiger partial charge in [-0.1, -0.05) is 91.0 Å². The third kappa shape index (κ3) is 12.3. The lowest BCUT2D eigenvalue weighted by Crippen LogP contribution is -2.56. The van der Waals surface area contributed by atoms with Gasteiger partial charge in [0.05, 0.1) is 18.7 Å². The molecule has 5 atom stereocenters. The maximum Gasteiger partial charge on any atom is 0.245 e. The van der Waals surface area contributed by atoms with Gasteiger partial charge in [-0.05, 0) is 75.7 Å². The van der Waals surface area contributed by atoms with Gasteiger partial charge in [0.2, 0.25) is 24.1 Å². The van der Waals surface area contributed by atoms with Crippen LogP contribution in [-0.2, 0) is 38.6 Å². The molecular formula is C39H54N6O5. The van der Waals surface area contributed by atoms with Crippen LogP contribution in [0.5, 0.6) is 0 Å². The summed E-state index contributed by atoms with van der Waals surface area (Å²) in [5.41, 5.74) is 9.57. The average Bonchev–Trinajstić information content (AvgIpc) is 3.62. The summed E-state index contributed by atoms with van der Waals surface area (Å²) >= 11 is 0. The number of nitrogens with one attached hydrogen (secondary N) is 3. The highest BCUT2D eigenvalue weighted by atomic mass is 16.6. The molecular weight excluding hydrogens is 632 g/mol. The first-order valence-electron chi connectivity index (χ1n) is 17.7. The van der Waals surface area contributed by atoms with Crippen LogP contribution >= 0.6 is 0 Å². The molecule has 3 aromatic carbocycles. The number of carbonyl (C=O) groups is 3. The Hall–Kier alpha value is -4.13. The Bertz CT molecular complexity index is 1450. The molecule has 1 heterocycles. The largest absolute Gasteiger partial charge is 0.356 e. The molecule has 1 fully saturated rings. The Balaban J connectivity index is 1.40. The van der Waals surface area contributed by atoms with Crippen molar-refractivity contribution >= 4 is 17.7 Å². The number of nitrogens with two attached hydrogens (primary N) is 1. The van der Waals surface area contributed by atoms with E-state index in [1.54, 1.807) is 14.0 Å². The topological polar surface area (TPSA) is 149 Å². The van der Waals surface area contributed by atoms with Crippen LogP contribution in [0.2, 0.25) is 0 Å². The van der Waals surface area contributed by atoms with Gasteiger partial charge in [0.15, 0.2) is 0 Å². The summed E-state index contributed by atoms with van der Waals surface area (Å²) in [6.07, 6.45) is 2.33. The van der Waals surface area contributed by atoms with E-state index in [1.165, 1.54) is 0 Å². The number of aliphatic hydroxyl groups is 1. The highest BCUT2D eigenvalue weighted by molar-refractivity contribution is 5.90. The molecule has 4 rings (SSSR count). The summed E-state index contributed by atoms with van der Waals surface area (Å²) in [6, 6.07) is 27.2. The molecule has 1 unspecified atom stereocenters. The Kier molecular flexibility index (Phi) is 15.9. The second kappa shape index (κ2) is 20.5. The van der Waals surface area contributed by atoms with Gasteiger partial charge in [0.1, 0.15) is 6.04 Å². The predicted molar refractivity (Wildman–Crippen MR) is 195 cm³/mol. The SMILES string of the molecule is CN[C@@H](C)C(=O)N[C@@H](CCCNC(O)OCc1ccccc1)C(=O)N1CCC[C@H]1CN(CCc1ccccc1)C(=O)[C@H](N)Cc1ccccc1. The van der Waals surface area contributed by atoms with Gasteiger partial charge >= 0.3 is 0 Å². The highest BCUT2D eigenvalue weighted by Crippen LogP contribution is 2.22. The van der Waals surface area contributed by atoms with Crippen molar-refractivity contribution in [2.75, 3.05) is 33.2 Å². The molecule has 11 heteroatoms. The van der Waals surface area contributed by atoms with Crippen LogP contribution < -0.4 is 21.7 Å². The Labute approximate surface area is 296 Å². The number of aliphatic hydroxyl groups excluding tert-OH is 1. The minimum atomic E-state index is -1.17. The fraction of sp³-hybridized carbons (Fsp3) is 0.462. The number of hydrogen-bond acceptors (Lipinski definition) is 8. The molecule has 1 saturated heterocycles. The summed E-state index contributed by atoms with van der Waals surface area (Å²) in [7, 11) is 1.70. The zero-order chi connectivity index (χ0) is 35.7. The van der Waals surface area contributed by atoms with E-state index >= 15 is 0 Å². The molecule has 3 amide bonds. The van der Waals surface area contributed by atoms with Gasteiger partial charge in [-0.2, -0.15) is 0 Å². The van der Waals surface area contributed by atoms with E-state index in [9.17, 15) is 19.5 Å². The van der Waals surface area contributed by atoms with Crippen LogP contribution in [0.4, 0.5) is 0 Å². The molecule has 1 aliphatic rings. The lowest BCUT2D eigenvalue weighted by atomic mass is 10.0. The summed E-state index contributed by atoms with van der Waals surface area (Å²) in [5.74, 6) is -0.586. The molecule has 0 saturated carbocycles. The van der Waals surface area contributed by atoms with Crippen molar-refractivity contribution in [3.63, 3.8) is 0 Å². The van der Waals surface area contributed by atoms with Crippen molar-refractivity contribution in [3.05, 3.63) is 108 Å². The molecule has 0 bridgehead atoms. The third-order valence-corrected chi connectivity index (χ3v) is 9.21. The van der Waals surface area contributed by atoms with E-state index in [0.717, 1.165) is 29.5 Å². The smallest absolute Gasteiger partial charge is 0.245 e. The predicted octanol–water partition coefficient (Wildman–Crippen LogP) is 2.57. The number of rotatable bonds is 20. The standard InChI is InChI=1S/C39H54N6O5/c1-29(41-2)36(46)43-35(21-12-23-42-39(49)50-28-32-18-10-5-11-19-32)38(48)45-24-13-20-33(45)27-44(25-22-30-14-6-3-7-15-30)37(47)34(40)26-31-16-8-4-9-17-31/h3-11,14-19,29,33-35,39,41-42,49H,12-13,20-28,40H2,1-2H3,(H,43,46)/t29-,33-,34+,35-,39?/m0/s1. The number of likely N-dealkylation sites (N-methyl/N-ethyl adjacent to an activating group) is 1. The Morgan fingerprint density at radius 2 is 1.58 bits per heavy atom. The Morgan fingerprint density at radius 3 is 2.22 bits per heavy atom. The first-order chi connectivity index (χ1) is 24.2. The van der Waals surface area contributed by atoms with Crippen molar-refractivity contribution < 1.29 is 24.2 Å². The van der Waals surface area contributed by atoms with Gasteiger partial charge in [0, 0.05) is 25.7 Å². The first-order valence-corrected chi connectivity index (χ1v) is 17.7. The van der Waals surface area contributed by atoms with Gasteiger partial charge in [-0.3, -0.25) is 19.7 Å². The number of carbonyl (C=O) groups excluding carboxylic acids is 3. The van der Waals surface area contributed by atoms with Gasteiger partial charge < -0.3 is 36.0 Å². The number of hydrogen-bond donors (Lipinski definition) is 5. The number of amides is 3. The summed E-state index contributed by atoms with van der Waals surface area (Å²) < 4.78 is 5.49. The van der Waals surface area contributed by atoms with E-state index < -0.39 is 24.5 Å². The maximum atomic E-state index is 14.2. The van der Waals surface area contributed by atoms with Gasteiger partial charge in [-0.15, -0.1) is 0 Å². The number of nitrogens with zero attached hydrogens (tertiary/aromatic N) is 2. The second-order valence-electron chi connectivity index (χ2n) is 13.0. The minimum absolute atomic E-state index is 0.143. The van der Waals surface area contributed by atoms with Crippen LogP contribution in [0.3, 0.4) is 0 Å². The molecule has 50 heavy (non-hydrogen) atoms. The zero-order valence-corrected chi connectivity index (χ0v) is 29.4. The van der Waals surface area contributed by atoms with Crippen molar-refractivity contribution in [2.24, 2.45) is 5.73 Å². The highest BCUT2D eigenvalue weighted by Gasteiger charge is 2.36. The van der Waals surface area contributed by atoms with E-state index in [4.69, 9.17) is 10.5 Å². The van der Waals surface area contributed by atoms with Gasteiger partial charge in [-0.25, -0.2) is 0 Å². The monoisotopic (exact) mass is 686 g/mol. The van der Waals surface area contributed by atoms with E-state index in [-0.39, 0.29) is 30.4 Å². The number of ether oxygens (including phenoxy) is 1. The molecule has 1 aliphatic heterocycles. The zero-order valence-electron chi connectivity index (χ0n) is 29.4. The molecule has 0 spiro atoms. The summed E-state index contributed by atoms with van der Waals surface area (Å²) in [5, 5.41) is 19.1. The first kappa shape index (κ1) is 38.7. The fourth-order valence-electron chi connectivity index (χ4n) is 6.19. The minimum Gasteiger partial charge on any atom is -0.356 e. The van der Waals surface area contributed by atoms with E-state index in [2.05, 4.69) is 16.0 Å². The number of likely N-dealkylation sites (tertiary alicyclic amines) is 1. The lowest BCUT2D eigenvalue weighted by molar-refractivity contribution is -0.140.